The van der Waals surface area contributed by atoms with Crippen molar-refractivity contribution < 1.29 is 0 Å². The smallest absolute Gasteiger partial charge is 0.0796 e. The molecule has 32 valence electrons. The first-order valence-corrected chi connectivity index (χ1v) is 2.59. The van der Waals surface area contributed by atoms with E-state index in [2.05, 4.69) is 10.2 Å². The van der Waals surface area contributed by atoms with Crippen LogP contribution in [-0.2, 0) is 0 Å². The molecule has 0 saturated heterocycles. The molecule has 0 aromatic carbocycles. The van der Waals surface area contributed by atoms with Gasteiger partial charge in [-0.3, -0.25) is 0 Å². The summed E-state index contributed by atoms with van der Waals surface area (Å²) < 4.78 is 3.96. The summed E-state index contributed by atoms with van der Waals surface area (Å²) in [4.78, 5) is 0. The average Bonchev–Trinajstić information content (AvgIpc) is 1.86. The van der Waals surface area contributed by atoms with E-state index in [0.29, 0.717) is 0 Å². The monoisotopic (exact) mass is 99.0 g/mol. The predicted molar refractivity (Wildman–Crippen MR) is 28.6 cm³/mol. The minimum absolute atomic E-state index is 0.949. The van der Waals surface area contributed by atoms with E-state index in [1.54, 1.807) is 0 Å². The molecular weight excluding hydrogens is 94.1 g/mol. The Labute approximate surface area is 42.0 Å². The van der Waals surface area contributed by atoms with Gasteiger partial charge in [-0.15, -0.1) is 0 Å². The summed E-state index contributed by atoms with van der Waals surface area (Å²) in [7, 11) is 0. The van der Waals surface area contributed by atoms with E-state index in [0.717, 1.165) is 6.42 Å². The van der Waals surface area contributed by atoms with Gasteiger partial charge in [-0.2, -0.15) is 0 Å². The van der Waals surface area contributed by atoms with E-state index in [1.807, 2.05) is 6.92 Å². The summed E-state index contributed by atoms with van der Waals surface area (Å²) in [6.07, 6.45) is 0.949. The third-order valence-corrected chi connectivity index (χ3v) is 1.27. The first-order valence-electron chi connectivity index (χ1n) is 1.82. The van der Waals surface area contributed by atoms with Gasteiger partial charge < -0.3 is 0 Å². The van der Waals surface area contributed by atoms with Crippen molar-refractivity contribution in [1.82, 2.24) is 0 Å². The molecular formula is C4H5NS. The maximum Gasteiger partial charge on any atom is 0.0796 e. The maximum absolute atomic E-state index is 3.96. The largest absolute Gasteiger partial charge is 0.225 e. The number of hydrogen-bond acceptors (Lipinski definition) is 2. The lowest BCUT2D eigenvalue weighted by molar-refractivity contribution is 1.46. The van der Waals surface area contributed by atoms with E-state index in [4.69, 9.17) is 0 Å². The van der Waals surface area contributed by atoms with Crippen molar-refractivity contribution in [2.24, 2.45) is 4.40 Å². The first kappa shape index (κ1) is 4.19. The van der Waals surface area contributed by atoms with E-state index in [9.17, 15) is 0 Å². The van der Waals surface area contributed by atoms with Gasteiger partial charge in [0.1, 0.15) is 0 Å². The van der Waals surface area contributed by atoms with Crippen LogP contribution in [0.15, 0.2) is 4.40 Å². The zero-order chi connectivity index (χ0) is 4.41. The second kappa shape index (κ2) is 1.65. The van der Waals surface area contributed by atoms with Crippen LogP contribution in [0.1, 0.15) is 13.3 Å². The minimum atomic E-state index is 0.949. The SMILES string of the molecule is CC1=NS[C]C1. The van der Waals surface area contributed by atoms with Crippen LogP contribution < -0.4 is 0 Å². The minimum Gasteiger partial charge on any atom is -0.225 e. The molecule has 0 spiro atoms. The van der Waals surface area contributed by atoms with E-state index in [-0.39, 0.29) is 0 Å². The summed E-state index contributed by atoms with van der Waals surface area (Å²) in [5.74, 6) is 2.98. The molecule has 1 aliphatic heterocycles. The Bertz CT molecular complexity index is 77.6. The third kappa shape index (κ3) is 0.744. The predicted octanol–water partition coefficient (Wildman–Crippen LogP) is 1.54. The Morgan fingerprint density at radius 3 is 3.00 bits per heavy atom. The van der Waals surface area contributed by atoms with E-state index in [1.165, 1.54) is 17.7 Å². The quantitative estimate of drug-likeness (QED) is 0.419. The molecule has 0 fully saturated rings. The second-order valence-corrected chi connectivity index (χ2v) is 1.89. The fourth-order valence-corrected chi connectivity index (χ4v) is 0.838. The van der Waals surface area contributed by atoms with Crippen molar-refractivity contribution in [2.75, 3.05) is 0 Å². The van der Waals surface area contributed by atoms with Crippen molar-refractivity contribution in [3.05, 3.63) is 5.75 Å². The molecule has 0 aromatic heterocycles. The zero-order valence-electron chi connectivity index (χ0n) is 3.56. The topological polar surface area (TPSA) is 12.4 Å². The van der Waals surface area contributed by atoms with Gasteiger partial charge in [-0.05, 0) is 18.9 Å². The van der Waals surface area contributed by atoms with Gasteiger partial charge in [-0.1, -0.05) is 0 Å². The molecule has 1 nitrogen and oxygen atoms in total. The van der Waals surface area contributed by atoms with Crippen LogP contribution in [0, 0.1) is 5.75 Å². The Kier molecular flexibility index (Phi) is 1.15. The molecule has 1 aliphatic rings. The van der Waals surface area contributed by atoms with Crippen LogP contribution in [-0.4, -0.2) is 5.71 Å². The summed E-state index contributed by atoms with van der Waals surface area (Å²) in [6.45, 7) is 2.01. The maximum atomic E-state index is 3.96. The summed E-state index contributed by atoms with van der Waals surface area (Å²) >= 11 is 1.42. The lowest BCUT2D eigenvalue weighted by atomic mass is 10.3. The number of hydrogen-bond donors (Lipinski definition) is 0. The van der Waals surface area contributed by atoms with Crippen molar-refractivity contribution >= 4 is 17.7 Å². The van der Waals surface area contributed by atoms with Gasteiger partial charge in [-0.25, -0.2) is 4.40 Å². The van der Waals surface area contributed by atoms with Gasteiger partial charge in [0, 0.05) is 12.1 Å². The Balaban J connectivity index is 2.45. The van der Waals surface area contributed by atoms with E-state index < -0.39 is 0 Å². The average molecular weight is 99.2 g/mol. The van der Waals surface area contributed by atoms with Crippen molar-refractivity contribution in [3.8, 4) is 0 Å². The number of nitrogens with zero attached hydrogens (tertiary/aromatic N) is 1. The molecule has 1 heterocycles. The fraction of sp³-hybridized carbons (Fsp3) is 0.500. The van der Waals surface area contributed by atoms with Crippen LogP contribution in [0.4, 0.5) is 0 Å². The molecule has 2 heteroatoms. The molecule has 0 N–H and O–H groups in total. The zero-order valence-corrected chi connectivity index (χ0v) is 4.38. The van der Waals surface area contributed by atoms with Gasteiger partial charge in [0.2, 0.25) is 0 Å². The Morgan fingerprint density at radius 1 is 2.00 bits per heavy atom. The highest BCUT2D eigenvalue weighted by atomic mass is 32.2. The Morgan fingerprint density at radius 2 is 2.83 bits per heavy atom. The van der Waals surface area contributed by atoms with Gasteiger partial charge in [0.25, 0.3) is 0 Å². The summed E-state index contributed by atoms with van der Waals surface area (Å²) in [6, 6.07) is 0. The molecule has 2 radical (unpaired) electrons. The van der Waals surface area contributed by atoms with E-state index >= 15 is 0 Å². The van der Waals surface area contributed by atoms with Crippen molar-refractivity contribution in [2.45, 2.75) is 13.3 Å². The molecule has 6 heavy (non-hydrogen) atoms. The lowest BCUT2D eigenvalue weighted by Crippen LogP contribution is -1.78. The number of rotatable bonds is 0. The highest BCUT2D eigenvalue weighted by molar-refractivity contribution is 8.00. The molecule has 0 aromatic rings. The normalized spacial score (nSPS) is 21.2. The third-order valence-electron chi connectivity index (χ3n) is 0.594. The molecule has 1 rings (SSSR count). The van der Waals surface area contributed by atoms with Crippen LogP contribution >= 0.6 is 11.9 Å². The fourth-order valence-electron chi connectivity index (χ4n) is 0.279. The van der Waals surface area contributed by atoms with Crippen LogP contribution in [0.5, 0.6) is 0 Å². The van der Waals surface area contributed by atoms with Crippen LogP contribution in [0.25, 0.3) is 0 Å². The summed E-state index contributed by atoms with van der Waals surface area (Å²) in [5.41, 5.74) is 1.18. The van der Waals surface area contributed by atoms with Gasteiger partial charge >= 0.3 is 0 Å². The van der Waals surface area contributed by atoms with Crippen LogP contribution in [0.2, 0.25) is 0 Å². The molecule has 0 saturated carbocycles. The Hall–Kier alpha value is 0.0200. The van der Waals surface area contributed by atoms with Crippen molar-refractivity contribution in [3.63, 3.8) is 0 Å². The molecule has 0 unspecified atom stereocenters. The first-order chi connectivity index (χ1) is 2.89. The van der Waals surface area contributed by atoms with Crippen molar-refractivity contribution in [1.29, 1.82) is 0 Å². The molecule has 0 atom stereocenters. The highest BCUT2D eigenvalue weighted by Gasteiger charge is 1.99. The lowest BCUT2D eigenvalue weighted by Gasteiger charge is -1.73. The van der Waals surface area contributed by atoms with Gasteiger partial charge in [0.15, 0.2) is 0 Å². The van der Waals surface area contributed by atoms with Crippen LogP contribution in [0.3, 0.4) is 0 Å². The summed E-state index contributed by atoms with van der Waals surface area (Å²) in [5, 5.41) is 0. The molecule has 0 aliphatic carbocycles. The molecule has 0 amide bonds. The standard InChI is InChI=1S/C4H5NS/c1-4-2-3-6-5-4/h2H2,1H3. The second-order valence-electron chi connectivity index (χ2n) is 1.24. The highest BCUT2D eigenvalue weighted by Crippen LogP contribution is 2.18. The van der Waals surface area contributed by atoms with Gasteiger partial charge in [0.05, 0.1) is 5.75 Å². The molecule has 0 bridgehead atoms.